The second kappa shape index (κ2) is 4.69. The molecule has 18 heavy (non-hydrogen) atoms. The van der Waals surface area contributed by atoms with Gasteiger partial charge in [-0.05, 0) is 50.0 Å². The summed E-state index contributed by atoms with van der Waals surface area (Å²) in [6, 6.07) is 0. The molecule has 0 bridgehead atoms. The zero-order valence-electron chi connectivity index (χ0n) is 11.0. The maximum absolute atomic E-state index is 11.9. The van der Waals surface area contributed by atoms with Crippen LogP contribution in [-0.4, -0.2) is 12.6 Å². The summed E-state index contributed by atoms with van der Waals surface area (Å²) in [6.07, 6.45) is 9.11. The number of carbonyl (C=O) groups is 1. The van der Waals surface area contributed by atoms with Crippen molar-refractivity contribution in [3.8, 4) is 0 Å². The normalized spacial score (nSPS) is 20.9. The molecule has 0 aliphatic heterocycles. The highest BCUT2D eigenvalue weighted by molar-refractivity contribution is 7.10. The van der Waals surface area contributed by atoms with Crippen LogP contribution in [0.3, 0.4) is 0 Å². The minimum atomic E-state index is -0.127. The molecule has 0 amide bonds. The fourth-order valence-electron chi connectivity index (χ4n) is 3.60. The van der Waals surface area contributed by atoms with E-state index in [0.717, 1.165) is 12.0 Å². The molecular formula is C15H20O2S. The van der Waals surface area contributed by atoms with Crippen molar-refractivity contribution in [1.82, 2.24) is 0 Å². The van der Waals surface area contributed by atoms with E-state index in [0.29, 0.717) is 12.0 Å². The first-order valence-corrected chi connectivity index (χ1v) is 7.88. The largest absolute Gasteiger partial charge is 0.462 e. The predicted octanol–water partition coefficient (Wildman–Crippen LogP) is 3.97. The van der Waals surface area contributed by atoms with Crippen LogP contribution in [0.1, 0.15) is 59.8 Å². The van der Waals surface area contributed by atoms with Gasteiger partial charge in [0.2, 0.25) is 0 Å². The summed E-state index contributed by atoms with van der Waals surface area (Å²) in [6.45, 7) is 2.33. The number of ether oxygens (including phenoxy) is 1. The van der Waals surface area contributed by atoms with Crippen LogP contribution < -0.4 is 0 Å². The van der Waals surface area contributed by atoms with Gasteiger partial charge in [0.1, 0.15) is 0 Å². The van der Waals surface area contributed by atoms with Crippen LogP contribution >= 0.6 is 11.3 Å². The van der Waals surface area contributed by atoms with Crippen LogP contribution in [0.2, 0.25) is 0 Å². The molecule has 1 spiro atoms. The van der Waals surface area contributed by atoms with E-state index in [1.807, 2.05) is 12.3 Å². The van der Waals surface area contributed by atoms with Crippen molar-refractivity contribution in [3.05, 3.63) is 21.4 Å². The minimum absolute atomic E-state index is 0.127. The van der Waals surface area contributed by atoms with Crippen LogP contribution in [0.5, 0.6) is 0 Å². The maximum atomic E-state index is 11.9. The molecule has 2 aliphatic carbocycles. The molecule has 0 unspecified atom stereocenters. The van der Waals surface area contributed by atoms with Gasteiger partial charge in [0, 0.05) is 10.3 Å². The number of thiophene rings is 1. The SMILES string of the molecule is CCOC(=O)c1csc2c1CCC1(CCCC1)C2. The highest BCUT2D eigenvalue weighted by atomic mass is 32.1. The third kappa shape index (κ3) is 1.99. The summed E-state index contributed by atoms with van der Waals surface area (Å²) in [7, 11) is 0. The van der Waals surface area contributed by atoms with Crippen LogP contribution in [0, 0.1) is 5.41 Å². The van der Waals surface area contributed by atoms with E-state index in [1.165, 1.54) is 49.0 Å². The monoisotopic (exact) mass is 264 g/mol. The fraction of sp³-hybridized carbons (Fsp3) is 0.667. The summed E-state index contributed by atoms with van der Waals surface area (Å²) < 4.78 is 5.14. The number of carbonyl (C=O) groups excluding carboxylic acids is 1. The molecule has 0 N–H and O–H groups in total. The van der Waals surface area contributed by atoms with E-state index in [-0.39, 0.29) is 5.97 Å². The summed E-state index contributed by atoms with van der Waals surface area (Å²) in [4.78, 5) is 13.3. The van der Waals surface area contributed by atoms with Crippen LogP contribution in [0.25, 0.3) is 0 Å². The van der Waals surface area contributed by atoms with E-state index >= 15 is 0 Å². The Hall–Kier alpha value is -0.830. The Labute approximate surface area is 112 Å². The Bertz CT molecular complexity index is 455. The van der Waals surface area contributed by atoms with Crippen molar-refractivity contribution in [3.63, 3.8) is 0 Å². The molecule has 3 heteroatoms. The highest BCUT2D eigenvalue weighted by Gasteiger charge is 2.38. The summed E-state index contributed by atoms with van der Waals surface area (Å²) in [5, 5.41) is 2.01. The van der Waals surface area contributed by atoms with Crippen molar-refractivity contribution in [1.29, 1.82) is 0 Å². The average molecular weight is 264 g/mol. The molecule has 0 aromatic carbocycles. The molecule has 2 aliphatic rings. The van der Waals surface area contributed by atoms with Gasteiger partial charge in [-0.3, -0.25) is 0 Å². The second-order valence-corrected chi connectivity index (χ2v) is 6.62. The van der Waals surface area contributed by atoms with Crippen LogP contribution in [-0.2, 0) is 17.6 Å². The molecule has 2 nitrogen and oxygen atoms in total. The Kier molecular flexibility index (Phi) is 3.18. The summed E-state index contributed by atoms with van der Waals surface area (Å²) in [5.41, 5.74) is 2.70. The highest BCUT2D eigenvalue weighted by Crippen LogP contribution is 2.49. The molecule has 1 fully saturated rings. The lowest BCUT2D eigenvalue weighted by molar-refractivity contribution is 0.0525. The van der Waals surface area contributed by atoms with Gasteiger partial charge >= 0.3 is 5.97 Å². The Morgan fingerprint density at radius 1 is 1.39 bits per heavy atom. The topological polar surface area (TPSA) is 26.3 Å². The predicted molar refractivity (Wildman–Crippen MR) is 73.2 cm³/mol. The lowest BCUT2D eigenvalue weighted by Crippen LogP contribution is -2.25. The molecule has 0 atom stereocenters. The number of hydrogen-bond donors (Lipinski definition) is 0. The van der Waals surface area contributed by atoms with Crippen molar-refractivity contribution in [2.75, 3.05) is 6.61 Å². The lowest BCUT2D eigenvalue weighted by atomic mass is 9.72. The molecule has 98 valence electrons. The Morgan fingerprint density at radius 2 is 2.17 bits per heavy atom. The van der Waals surface area contributed by atoms with Crippen molar-refractivity contribution >= 4 is 17.3 Å². The van der Waals surface area contributed by atoms with Crippen LogP contribution in [0.4, 0.5) is 0 Å². The van der Waals surface area contributed by atoms with Gasteiger partial charge in [0.25, 0.3) is 0 Å². The zero-order valence-corrected chi connectivity index (χ0v) is 11.8. The number of esters is 1. The van der Waals surface area contributed by atoms with E-state index in [1.54, 1.807) is 11.3 Å². The molecule has 1 aromatic rings. The number of rotatable bonds is 2. The smallest absolute Gasteiger partial charge is 0.339 e. The van der Waals surface area contributed by atoms with E-state index in [9.17, 15) is 4.79 Å². The molecular weight excluding hydrogens is 244 g/mol. The average Bonchev–Trinajstić information content (AvgIpc) is 2.97. The first-order valence-electron chi connectivity index (χ1n) is 7.00. The van der Waals surface area contributed by atoms with Gasteiger partial charge in [-0.25, -0.2) is 4.79 Å². The van der Waals surface area contributed by atoms with Gasteiger partial charge in [-0.15, -0.1) is 11.3 Å². The Balaban J connectivity index is 1.84. The van der Waals surface area contributed by atoms with Gasteiger partial charge in [-0.2, -0.15) is 0 Å². The Morgan fingerprint density at radius 3 is 2.89 bits per heavy atom. The molecule has 3 rings (SSSR count). The molecule has 1 saturated carbocycles. The number of fused-ring (bicyclic) bond motifs is 1. The maximum Gasteiger partial charge on any atom is 0.339 e. The molecule has 1 heterocycles. The summed E-state index contributed by atoms with van der Waals surface area (Å²) >= 11 is 1.77. The fourth-order valence-corrected chi connectivity index (χ4v) is 4.84. The molecule has 1 aromatic heterocycles. The third-order valence-electron chi connectivity index (χ3n) is 4.58. The van der Waals surface area contributed by atoms with Gasteiger partial charge in [0.15, 0.2) is 0 Å². The van der Waals surface area contributed by atoms with Crippen LogP contribution in [0.15, 0.2) is 5.38 Å². The van der Waals surface area contributed by atoms with Crippen molar-refractivity contribution < 1.29 is 9.53 Å². The van der Waals surface area contributed by atoms with Gasteiger partial charge in [0.05, 0.1) is 12.2 Å². The van der Waals surface area contributed by atoms with E-state index in [2.05, 4.69) is 0 Å². The van der Waals surface area contributed by atoms with E-state index in [4.69, 9.17) is 4.74 Å². The van der Waals surface area contributed by atoms with Crippen molar-refractivity contribution in [2.24, 2.45) is 5.41 Å². The molecule has 0 saturated heterocycles. The molecule has 0 radical (unpaired) electrons. The lowest BCUT2D eigenvalue weighted by Gasteiger charge is -2.33. The van der Waals surface area contributed by atoms with Crippen molar-refractivity contribution in [2.45, 2.75) is 51.9 Å². The first-order chi connectivity index (χ1) is 8.74. The minimum Gasteiger partial charge on any atom is -0.462 e. The zero-order chi connectivity index (χ0) is 12.6. The standard InChI is InChI=1S/C15H20O2S/c1-2-17-14(16)12-10-18-13-9-15(6-3-4-7-15)8-5-11(12)13/h10H,2-9H2,1H3. The number of hydrogen-bond acceptors (Lipinski definition) is 3. The van der Waals surface area contributed by atoms with Gasteiger partial charge in [-0.1, -0.05) is 12.8 Å². The second-order valence-electron chi connectivity index (χ2n) is 5.66. The third-order valence-corrected chi connectivity index (χ3v) is 5.61. The van der Waals surface area contributed by atoms with Gasteiger partial charge < -0.3 is 4.74 Å². The first kappa shape index (κ1) is 12.2. The summed E-state index contributed by atoms with van der Waals surface area (Å²) in [5.74, 6) is -0.127. The quantitative estimate of drug-likeness (QED) is 0.755. The van der Waals surface area contributed by atoms with E-state index < -0.39 is 0 Å².